The van der Waals surface area contributed by atoms with Gasteiger partial charge in [0.2, 0.25) is 0 Å². The molecule has 2 atom stereocenters. The SMILES string of the molecule is CC(C)(C)OC(=O)C[C@@H]1CCCC[C@H]1C(=O)c1ccccc1. The Morgan fingerprint density at radius 1 is 1.09 bits per heavy atom. The van der Waals surface area contributed by atoms with Crippen molar-refractivity contribution in [2.45, 2.75) is 58.5 Å². The monoisotopic (exact) mass is 302 g/mol. The molecule has 0 radical (unpaired) electrons. The third-order valence-corrected chi connectivity index (χ3v) is 4.15. The van der Waals surface area contributed by atoms with Gasteiger partial charge in [-0.2, -0.15) is 0 Å². The van der Waals surface area contributed by atoms with E-state index < -0.39 is 5.60 Å². The van der Waals surface area contributed by atoms with E-state index in [0.29, 0.717) is 6.42 Å². The third-order valence-electron chi connectivity index (χ3n) is 4.15. The van der Waals surface area contributed by atoms with Gasteiger partial charge in [-0.3, -0.25) is 9.59 Å². The largest absolute Gasteiger partial charge is 0.460 e. The molecule has 0 unspecified atom stereocenters. The van der Waals surface area contributed by atoms with Crippen LogP contribution < -0.4 is 0 Å². The number of carbonyl (C=O) groups excluding carboxylic acids is 2. The van der Waals surface area contributed by atoms with Crippen molar-refractivity contribution in [3.8, 4) is 0 Å². The average Bonchev–Trinajstić information content (AvgIpc) is 2.46. The molecule has 3 nitrogen and oxygen atoms in total. The van der Waals surface area contributed by atoms with Crippen molar-refractivity contribution in [1.82, 2.24) is 0 Å². The summed E-state index contributed by atoms with van der Waals surface area (Å²) in [4.78, 5) is 24.8. The maximum Gasteiger partial charge on any atom is 0.306 e. The second-order valence-electron chi connectivity index (χ2n) is 7.17. The third kappa shape index (κ3) is 4.69. The number of ether oxygens (including phenoxy) is 1. The molecule has 1 saturated carbocycles. The van der Waals surface area contributed by atoms with Crippen molar-refractivity contribution in [3.05, 3.63) is 35.9 Å². The molecule has 22 heavy (non-hydrogen) atoms. The fourth-order valence-corrected chi connectivity index (χ4v) is 3.21. The predicted octanol–water partition coefficient (Wildman–Crippen LogP) is 4.41. The number of hydrogen-bond acceptors (Lipinski definition) is 3. The zero-order chi connectivity index (χ0) is 16.2. The van der Waals surface area contributed by atoms with Gasteiger partial charge in [0, 0.05) is 17.9 Å². The van der Waals surface area contributed by atoms with E-state index in [-0.39, 0.29) is 23.6 Å². The number of hydrogen-bond donors (Lipinski definition) is 0. The van der Waals surface area contributed by atoms with Gasteiger partial charge < -0.3 is 4.74 Å². The topological polar surface area (TPSA) is 43.4 Å². The maximum absolute atomic E-state index is 12.7. The van der Waals surface area contributed by atoms with Crippen LogP contribution in [0.5, 0.6) is 0 Å². The van der Waals surface area contributed by atoms with Crippen molar-refractivity contribution in [3.63, 3.8) is 0 Å². The van der Waals surface area contributed by atoms with Crippen LogP contribution in [0.15, 0.2) is 30.3 Å². The van der Waals surface area contributed by atoms with Gasteiger partial charge in [-0.1, -0.05) is 43.2 Å². The summed E-state index contributed by atoms with van der Waals surface area (Å²) in [7, 11) is 0. The van der Waals surface area contributed by atoms with Crippen LogP contribution in [0, 0.1) is 11.8 Å². The normalized spacial score (nSPS) is 22.1. The number of ketones is 1. The number of rotatable bonds is 4. The Balaban J connectivity index is 2.05. The number of esters is 1. The minimum absolute atomic E-state index is 0.0522. The summed E-state index contributed by atoms with van der Waals surface area (Å²) in [5, 5.41) is 0. The maximum atomic E-state index is 12.7. The molecule has 0 heterocycles. The molecule has 0 amide bonds. The lowest BCUT2D eigenvalue weighted by atomic mass is 9.74. The van der Waals surface area contributed by atoms with Crippen LogP contribution in [0.3, 0.4) is 0 Å². The van der Waals surface area contributed by atoms with Gasteiger partial charge >= 0.3 is 5.97 Å². The Morgan fingerprint density at radius 3 is 2.36 bits per heavy atom. The minimum Gasteiger partial charge on any atom is -0.460 e. The van der Waals surface area contributed by atoms with E-state index in [9.17, 15) is 9.59 Å². The first-order chi connectivity index (χ1) is 10.4. The van der Waals surface area contributed by atoms with Crippen LogP contribution in [0.1, 0.15) is 63.2 Å². The van der Waals surface area contributed by atoms with Crippen molar-refractivity contribution in [2.75, 3.05) is 0 Å². The summed E-state index contributed by atoms with van der Waals surface area (Å²) >= 11 is 0. The highest BCUT2D eigenvalue weighted by molar-refractivity contribution is 5.98. The van der Waals surface area contributed by atoms with Gasteiger partial charge in [0.25, 0.3) is 0 Å². The molecular weight excluding hydrogens is 276 g/mol. The zero-order valence-corrected chi connectivity index (χ0v) is 13.8. The lowest BCUT2D eigenvalue weighted by molar-refractivity contribution is -0.156. The van der Waals surface area contributed by atoms with Gasteiger partial charge in [-0.05, 0) is 39.5 Å². The van der Waals surface area contributed by atoms with Gasteiger partial charge in [-0.25, -0.2) is 0 Å². The smallest absolute Gasteiger partial charge is 0.306 e. The second-order valence-corrected chi connectivity index (χ2v) is 7.17. The van der Waals surface area contributed by atoms with Crippen LogP contribution in [0.2, 0.25) is 0 Å². The fourth-order valence-electron chi connectivity index (χ4n) is 3.21. The molecule has 1 aliphatic carbocycles. The predicted molar refractivity (Wildman–Crippen MR) is 86.7 cm³/mol. The highest BCUT2D eigenvalue weighted by Gasteiger charge is 2.33. The fraction of sp³-hybridized carbons (Fsp3) is 0.579. The van der Waals surface area contributed by atoms with E-state index in [1.807, 2.05) is 51.1 Å². The first-order valence-electron chi connectivity index (χ1n) is 8.18. The van der Waals surface area contributed by atoms with E-state index in [2.05, 4.69) is 0 Å². The molecule has 120 valence electrons. The number of benzene rings is 1. The summed E-state index contributed by atoms with van der Waals surface area (Å²) in [6, 6.07) is 9.41. The first kappa shape index (κ1) is 16.7. The molecule has 0 bridgehead atoms. The average molecular weight is 302 g/mol. The van der Waals surface area contributed by atoms with Gasteiger partial charge in [0.1, 0.15) is 5.60 Å². The van der Waals surface area contributed by atoms with Crippen LogP contribution in [-0.2, 0) is 9.53 Å². The van der Waals surface area contributed by atoms with Crippen molar-refractivity contribution >= 4 is 11.8 Å². The molecule has 2 rings (SSSR count). The molecule has 1 aromatic rings. The summed E-state index contributed by atoms with van der Waals surface area (Å²) in [5.41, 5.74) is 0.286. The molecule has 3 heteroatoms. The Kier molecular flexibility index (Phi) is 5.38. The molecule has 1 fully saturated rings. The summed E-state index contributed by atoms with van der Waals surface area (Å²) in [6.07, 6.45) is 4.31. The van der Waals surface area contributed by atoms with E-state index in [1.165, 1.54) is 0 Å². The van der Waals surface area contributed by atoms with Gasteiger partial charge in [0.15, 0.2) is 5.78 Å². The first-order valence-corrected chi connectivity index (χ1v) is 8.18. The van der Waals surface area contributed by atoms with Crippen molar-refractivity contribution in [2.24, 2.45) is 11.8 Å². The molecular formula is C19H26O3. The highest BCUT2D eigenvalue weighted by Crippen LogP contribution is 2.35. The summed E-state index contributed by atoms with van der Waals surface area (Å²) in [6.45, 7) is 5.62. The standard InChI is InChI=1S/C19H26O3/c1-19(2,3)22-17(20)13-15-11-7-8-12-16(15)18(21)14-9-5-4-6-10-14/h4-6,9-10,15-16H,7-8,11-13H2,1-3H3/t15-,16+/m0/s1. The van der Waals surface area contributed by atoms with Gasteiger partial charge in [-0.15, -0.1) is 0 Å². The van der Waals surface area contributed by atoms with Crippen molar-refractivity contribution < 1.29 is 14.3 Å². The molecule has 1 aromatic carbocycles. The summed E-state index contributed by atoms with van der Waals surface area (Å²) < 4.78 is 5.42. The van der Waals surface area contributed by atoms with Crippen LogP contribution in [0.4, 0.5) is 0 Å². The quantitative estimate of drug-likeness (QED) is 0.611. The molecule has 0 aliphatic heterocycles. The second kappa shape index (κ2) is 7.08. The van der Waals surface area contributed by atoms with E-state index in [0.717, 1.165) is 31.2 Å². The summed E-state index contributed by atoms with van der Waals surface area (Å²) in [5.74, 6) is 0.0408. The van der Waals surface area contributed by atoms with Crippen LogP contribution in [-0.4, -0.2) is 17.4 Å². The Labute approximate surface area is 133 Å². The van der Waals surface area contributed by atoms with Crippen LogP contribution >= 0.6 is 0 Å². The lowest BCUT2D eigenvalue weighted by Gasteiger charge is -2.31. The van der Waals surface area contributed by atoms with Crippen molar-refractivity contribution in [1.29, 1.82) is 0 Å². The molecule has 0 spiro atoms. The number of carbonyl (C=O) groups is 2. The van der Waals surface area contributed by atoms with E-state index in [1.54, 1.807) is 0 Å². The molecule has 0 N–H and O–H groups in total. The Bertz CT molecular complexity index is 513. The lowest BCUT2D eigenvalue weighted by Crippen LogP contribution is -2.32. The van der Waals surface area contributed by atoms with Crippen LogP contribution in [0.25, 0.3) is 0 Å². The highest BCUT2D eigenvalue weighted by atomic mass is 16.6. The molecule has 0 saturated heterocycles. The molecule has 0 aromatic heterocycles. The van der Waals surface area contributed by atoms with E-state index >= 15 is 0 Å². The minimum atomic E-state index is -0.468. The number of Topliss-reactive ketones (excluding diaryl/α,β-unsaturated/α-hetero) is 1. The Morgan fingerprint density at radius 2 is 1.73 bits per heavy atom. The Hall–Kier alpha value is -1.64. The van der Waals surface area contributed by atoms with Gasteiger partial charge in [0.05, 0.1) is 0 Å². The molecule has 1 aliphatic rings. The van der Waals surface area contributed by atoms with E-state index in [4.69, 9.17) is 4.74 Å². The zero-order valence-electron chi connectivity index (χ0n) is 13.8.